The summed E-state index contributed by atoms with van der Waals surface area (Å²) in [6, 6.07) is 5.98. The number of nitrogens with zero attached hydrogens (tertiary/aromatic N) is 2. The zero-order chi connectivity index (χ0) is 15.5. The van der Waals surface area contributed by atoms with Gasteiger partial charge in [0.05, 0.1) is 13.2 Å². The third-order valence-electron chi connectivity index (χ3n) is 3.50. The standard InChI is InChI=1S/C17H26N4O/c1-2-18-17(20-11-6-15-8-13-22-14-9-15)21-12-7-16-5-3-4-10-19-16/h3-5,8,10H,2,6-7,9,11-14H2,1H3,(H2,18,20,21). The van der Waals surface area contributed by atoms with Crippen molar-refractivity contribution in [3.63, 3.8) is 0 Å². The molecule has 2 N–H and O–H groups in total. The minimum absolute atomic E-state index is 0.739. The molecule has 5 nitrogen and oxygen atoms in total. The van der Waals surface area contributed by atoms with E-state index in [0.717, 1.165) is 63.8 Å². The second-order valence-electron chi connectivity index (χ2n) is 5.20. The van der Waals surface area contributed by atoms with Crippen LogP contribution in [0.4, 0.5) is 0 Å². The molecule has 1 aromatic heterocycles. The Morgan fingerprint density at radius 2 is 2.27 bits per heavy atom. The Bertz CT molecular complexity index is 485. The number of hydrogen-bond acceptors (Lipinski definition) is 3. The van der Waals surface area contributed by atoms with Crippen LogP contribution in [0.15, 0.2) is 41.0 Å². The maximum Gasteiger partial charge on any atom is 0.191 e. The van der Waals surface area contributed by atoms with Crippen molar-refractivity contribution in [1.82, 2.24) is 15.6 Å². The highest BCUT2D eigenvalue weighted by atomic mass is 16.5. The Kier molecular flexibility index (Phi) is 7.46. The van der Waals surface area contributed by atoms with E-state index in [1.165, 1.54) is 5.57 Å². The minimum Gasteiger partial charge on any atom is -0.377 e. The van der Waals surface area contributed by atoms with Gasteiger partial charge in [0.1, 0.15) is 0 Å². The average molecular weight is 302 g/mol. The van der Waals surface area contributed by atoms with Crippen LogP contribution in [0, 0.1) is 0 Å². The molecule has 0 spiro atoms. The number of hydrogen-bond donors (Lipinski definition) is 2. The van der Waals surface area contributed by atoms with E-state index >= 15 is 0 Å². The van der Waals surface area contributed by atoms with Gasteiger partial charge in [-0.3, -0.25) is 9.98 Å². The van der Waals surface area contributed by atoms with Crippen molar-refractivity contribution in [1.29, 1.82) is 0 Å². The van der Waals surface area contributed by atoms with E-state index < -0.39 is 0 Å². The predicted molar refractivity (Wildman–Crippen MR) is 90.1 cm³/mol. The van der Waals surface area contributed by atoms with E-state index in [0.29, 0.717) is 0 Å². The van der Waals surface area contributed by atoms with Crippen molar-refractivity contribution < 1.29 is 4.74 Å². The Labute approximate surface area is 132 Å². The molecule has 0 radical (unpaired) electrons. The van der Waals surface area contributed by atoms with Gasteiger partial charge in [-0.15, -0.1) is 0 Å². The van der Waals surface area contributed by atoms with Crippen molar-refractivity contribution in [2.75, 3.05) is 32.8 Å². The number of guanidine groups is 1. The number of aromatic nitrogens is 1. The first kappa shape index (κ1) is 16.5. The largest absolute Gasteiger partial charge is 0.377 e. The van der Waals surface area contributed by atoms with Crippen LogP contribution in [0.5, 0.6) is 0 Å². The highest BCUT2D eigenvalue weighted by molar-refractivity contribution is 5.79. The Balaban J connectivity index is 1.73. The first-order valence-electron chi connectivity index (χ1n) is 8.06. The van der Waals surface area contributed by atoms with Gasteiger partial charge in [-0.25, -0.2) is 0 Å². The SMILES string of the molecule is CCNC(=NCCc1ccccn1)NCCC1=CCOCC1. The topological polar surface area (TPSA) is 58.5 Å². The van der Waals surface area contributed by atoms with Crippen LogP contribution in [-0.2, 0) is 11.2 Å². The van der Waals surface area contributed by atoms with Gasteiger partial charge in [-0.05, 0) is 31.9 Å². The maximum absolute atomic E-state index is 5.32. The average Bonchev–Trinajstić information content (AvgIpc) is 2.57. The third-order valence-corrected chi connectivity index (χ3v) is 3.50. The number of nitrogens with one attached hydrogen (secondary N) is 2. The molecule has 0 unspecified atom stereocenters. The van der Waals surface area contributed by atoms with Crippen molar-refractivity contribution >= 4 is 5.96 Å². The second-order valence-corrected chi connectivity index (χ2v) is 5.20. The zero-order valence-corrected chi connectivity index (χ0v) is 13.3. The van der Waals surface area contributed by atoms with Gasteiger partial charge in [0.15, 0.2) is 5.96 Å². The molecule has 0 saturated carbocycles. The van der Waals surface area contributed by atoms with Gasteiger partial charge < -0.3 is 15.4 Å². The molecule has 0 aliphatic carbocycles. The van der Waals surface area contributed by atoms with E-state index in [2.05, 4.69) is 33.6 Å². The first-order chi connectivity index (χ1) is 10.9. The number of ether oxygens (including phenoxy) is 1. The van der Waals surface area contributed by atoms with Crippen molar-refractivity contribution in [3.8, 4) is 0 Å². The molecule has 0 aromatic carbocycles. The number of rotatable bonds is 7. The first-order valence-corrected chi connectivity index (χ1v) is 8.06. The van der Waals surface area contributed by atoms with Crippen LogP contribution < -0.4 is 10.6 Å². The summed E-state index contributed by atoms with van der Waals surface area (Å²) in [5.41, 5.74) is 2.55. The molecule has 1 aliphatic rings. The predicted octanol–water partition coefficient (Wildman–Crippen LogP) is 1.92. The summed E-state index contributed by atoms with van der Waals surface area (Å²) < 4.78 is 5.32. The summed E-state index contributed by atoms with van der Waals surface area (Å²) in [5, 5.41) is 6.67. The summed E-state index contributed by atoms with van der Waals surface area (Å²) in [6.45, 7) is 6.20. The molecule has 22 heavy (non-hydrogen) atoms. The van der Waals surface area contributed by atoms with Crippen molar-refractivity contribution in [2.45, 2.75) is 26.2 Å². The fourth-order valence-corrected chi connectivity index (χ4v) is 2.30. The lowest BCUT2D eigenvalue weighted by Gasteiger charge is -2.15. The van der Waals surface area contributed by atoms with Crippen LogP contribution in [0.3, 0.4) is 0 Å². The van der Waals surface area contributed by atoms with Gasteiger partial charge >= 0.3 is 0 Å². The van der Waals surface area contributed by atoms with Gasteiger partial charge in [0.25, 0.3) is 0 Å². The number of aliphatic imine (C=N–C) groups is 1. The lowest BCUT2D eigenvalue weighted by Crippen LogP contribution is -2.38. The Morgan fingerprint density at radius 1 is 1.32 bits per heavy atom. The van der Waals surface area contributed by atoms with Crippen LogP contribution >= 0.6 is 0 Å². The van der Waals surface area contributed by atoms with Crippen LogP contribution in [-0.4, -0.2) is 43.8 Å². The summed E-state index contributed by atoms with van der Waals surface area (Å²) in [6.07, 6.45) is 6.98. The molecule has 0 fully saturated rings. The summed E-state index contributed by atoms with van der Waals surface area (Å²) in [5.74, 6) is 0.881. The molecule has 0 atom stereocenters. The fourth-order valence-electron chi connectivity index (χ4n) is 2.30. The molecule has 120 valence electrons. The minimum atomic E-state index is 0.739. The fraction of sp³-hybridized carbons (Fsp3) is 0.529. The van der Waals surface area contributed by atoms with E-state index in [1.807, 2.05) is 24.4 Å². The van der Waals surface area contributed by atoms with E-state index in [1.54, 1.807) is 0 Å². The van der Waals surface area contributed by atoms with E-state index in [4.69, 9.17) is 4.74 Å². The molecule has 2 heterocycles. The van der Waals surface area contributed by atoms with Crippen LogP contribution in [0.25, 0.3) is 0 Å². The molecular formula is C17H26N4O. The summed E-state index contributed by atoms with van der Waals surface area (Å²) >= 11 is 0. The lowest BCUT2D eigenvalue weighted by molar-refractivity contribution is 0.153. The summed E-state index contributed by atoms with van der Waals surface area (Å²) in [7, 11) is 0. The monoisotopic (exact) mass is 302 g/mol. The second kappa shape index (κ2) is 9.95. The van der Waals surface area contributed by atoms with E-state index in [-0.39, 0.29) is 0 Å². The highest BCUT2D eigenvalue weighted by Gasteiger charge is 2.04. The van der Waals surface area contributed by atoms with Crippen molar-refractivity contribution in [3.05, 3.63) is 41.7 Å². The molecule has 1 aromatic rings. The third kappa shape index (κ3) is 6.26. The molecule has 1 aliphatic heterocycles. The Hall–Kier alpha value is -1.88. The van der Waals surface area contributed by atoms with Crippen molar-refractivity contribution in [2.24, 2.45) is 4.99 Å². The highest BCUT2D eigenvalue weighted by Crippen LogP contribution is 2.10. The molecule has 5 heteroatoms. The normalized spacial score (nSPS) is 15.3. The van der Waals surface area contributed by atoms with Crippen LogP contribution in [0.1, 0.15) is 25.5 Å². The zero-order valence-electron chi connectivity index (χ0n) is 13.3. The molecule has 0 amide bonds. The van der Waals surface area contributed by atoms with Gasteiger partial charge in [-0.1, -0.05) is 17.7 Å². The molecule has 2 rings (SSSR count). The molecular weight excluding hydrogens is 276 g/mol. The van der Waals surface area contributed by atoms with Crippen LogP contribution in [0.2, 0.25) is 0 Å². The quantitative estimate of drug-likeness (QED) is 0.459. The van der Waals surface area contributed by atoms with E-state index in [9.17, 15) is 0 Å². The van der Waals surface area contributed by atoms with Gasteiger partial charge in [-0.2, -0.15) is 0 Å². The van der Waals surface area contributed by atoms with Gasteiger partial charge in [0.2, 0.25) is 0 Å². The molecule has 0 bridgehead atoms. The Morgan fingerprint density at radius 3 is 3.00 bits per heavy atom. The summed E-state index contributed by atoms with van der Waals surface area (Å²) in [4.78, 5) is 8.92. The lowest BCUT2D eigenvalue weighted by atomic mass is 10.1. The maximum atomic E-state index is 5.32. The van der Waals surface area contributed by atoms with Gasteiger partial charge in [0, 0.05) is 37.9 Å². The smallest absolute Gasteiger partial charge is 0.191 e. The molecule has 0 saturated heterocycles. The number of pyridine rings is 1.